The molecule has 1 aromatic rings. The molecule has 0 aromatic carbocycles. The smallest absolute Gasteiger partial charge is 0.0302 e. The van der Waals surface area contributed by atoms with Gasteiger partial charge in [0.05, 0.1) is 0 Å². The van der Waals surface area contributed by atoms with Crippen LogP contribution >= 0.6 is 23.1 Å². The average molecular weight is 241 g/mol. The van der Waals surface area contributed by atoms with Gasteiger partial charge in [-0.15, -0.1) is 11.3 Å². The molecule has 0 amide bonds. The van der Waals surface area contributed by atoms with Crippen molar-refractivity contribution in [2.75, 3.05) is 11.5 Å². The molecule has 1 nitrogen and oxygen atoms in total. The third-order valence-corrected chi connectivity index (χ3v) is 5.20. The molecule has 1 fully saturated rings. The van der Waals surface area contributed by atoms with Crippen molar-refractivity contribution in [2.45, 2.75) is 39.3 Å². The van der Waals surface area contributed by atoms with Gasteiger partial charge in [-0.3, -0.25) is 0 Å². The van der Waals surface area contributed by atoms with Gasteiger partial charge in [0, 0.05) is 22.3 Å². The summed E-state index contributed by atoms with van der Waals surface area (Å²) in [7, 11) is 0. The van der Waals surface area contributed by atoms with E-state index in [2.05, 4.69) is 37.0 Å². The molecular weight excluding hydrogens is 222 g/mol. The Hall–Kier alpha value is 0.01000. The molecule has 0 unspecified atom stereocenters. The highest BCUT2D eigenvalue weighted by Gasteiger charge is 2.13. The van der Waals surface area contributed by atoms with Crippen LogP contribution in [-0.2, 0) is 6.54 Å². The molecule has 1 aliphatic heterocycles. The SMILES string of the molecule is Cc1cc(CNC2CCSCC2)sc1C. The summed E-state index contributed by atoms with van der Waals surface area (Å²) in [4.78, 5) is 2.95. The minimum Gasteiger partial charge on any atom is -0.309 e. The molecule has 2 rings (SSSR count). The number of thioether (sulfide) groups is 1. The molecule has 84 valence electrons. The number of hydrogen-bond donors (Lipinski definition) is 1. The first-order valence-electron chi connectivity index (χ1n) is 5.63. The number of aryl methyl sites for hydroxylation is 2. The predicted molar refractivity (Wildman–Crippen MR) is 71.0 cm³/mol. The molecular formula is C12H19NS2. The van der Waals surface area contributed by atoms with Crippen LogP contribution in [0.25, 0.3) is 0 Å². The Kier molecular flexibility index (Phi) is 4.12. The topological polar surface area (TPSA) is 12.0 Å². The van der Waals surface area contributed by atoms with Crippen LogP contribution in [0.3, 0.4) is 0 Å². The molecule has 0 radical (unpaired) electrons. The summed E-state index contributed by atoms with van der Waals surface area (Å²) >= 11 is 4.02. The standard InChI is InChI=1S/C12H19NS2/c1-9-7-12(15-10(9)2)8-13-11-3-5-14-6-4-11/h7,11,13H,3-6,8H2,1-2H3. The van der Waals surface area contributed by atoms with E-state index >= 15 is 0 Å². The maximum atomic E-state index is 3.68. The van der Waals surface area contributed by atoms with E-state index in [1.807, 2.05) is 11.3 Å². The summed E-state index contributed by atoms with van der Waals surface area (Å²) in [5, 5.41) is 3.68. The van der Waals surface area contributed by atoms with Crippen LogP contribution in [0, 0.1) is 13.8 Å². The lowest BCUT2D eigenvalue weighted by Crippen LogP contribution is -2.31. The highest BCUT2D eigenvalue weighted by Crippen LogP contribution is 2.22. The van der Waals surface area contributed by atoms with Gasteiger partial charge in [0.15, 0.2) is 0 Å². The zero-order valence-electron chi connectivity index (χ0n) is 9.51. The van der Waals surface area contributed by atoms with E-state index in [-0.39, 0.29) is 0 Å². The minimum absolute atomic E-state index is 0.758. The van der Waals surface area contributed by atoms with E-state index in [1.54, 1.807) is 0 Å². The third-order valence-electron chi connectivity index (χ3n) is 3.00. The Labute approximate surface area is 101 Å². The number of hydrogen-bond acceptors (Lipinski definition) is 3. The Morgan fingerprint density at radius 1 is 1.33 bits per heavy atom. The summed E-state index contributed by atoms with van der Waals surface area (Å²) in [5.74, 6) is 2.67. The van der Waals surface area contributed by atoms with E-state index in [0.29, 0.717) is 0 Å². The molecule has 1 saturated heterocycles. The van der Waals surface area contributed by atoms with E-state index in [4.69, 9.17) is 0 Å². The lowest BCUT2D eigenvalue weighted by Gasteiger charge is -2.22. The van der Waals surface area contributed by atoms with Crippen molar-refractivity contribution in [3.8, 4) is 0 Å². The lowest BCUT2D eigenvalue weighted by molar-refractivity contribution is 0.484. The molecule has 0 saturated carbocycles. The summed E-state index contributed by atoms with van der Waals surface area (Å²) in [6.07, 6.45) is 2.68. The summed E-state index contributed by atoms with van der Waals surface area (Å²) < 4.78 is 0. The molecule has 1 aliphatic rings. The Bertz CT molecular complexity index is 294. The average Bonchev–Trinajstić information content (AvgIpc) is 2.57. The zero-order valence-corrected chi connectivity index (χ0v) is 11.1. The molecule has 1 N–H and O–H groups in total. The molecule has 0 spiro atoms. The van der Waals surface area contributed by atoms with Gasteiger partial charge in [-0.1, -0.05) is 0 Å². The van der Waals surface area contributed by atoms with Gasteiger partial charge < -0.3 is 5.32 Å². The summed E-state index contributed by atoms with van der Waals surface area (Å²) in [5.41, 5.74) is 1.44. The minimum atomic E-state index is 0.758. The van der Waals surface area contributed by atoms with Crippen molar-refractivity contribution in [3.05, 3.63) is 21.4 Å². The second-order valence-corrected chi connectivity index (χ2v) is 6.79. The Morgan fingerprint density at radius 2 is 2.07 bits per heavy atom. The van der Waals surface area contributed by atoms with Crippen molar-refractivity contribution in [2.24, 2.45) is 0 Å². The lowest BCUT2D eigenvalue weighted by atomic mass is 10.1. The molecule has 2 heterocycles. The first-order valence-corrected chi connectivity index (χ1v) is 7.60. The number of thiophene rings is 1. The highest BCUT2D eigenvalue weighted by molar-refractivity contribution is 7.99. The van der Waals surface area contributed by atoms with E-state index < -0.39 is 0 Å². The third kappa shape index (κ3) is 3.23. The quantitative estimate of drug-likeness (QED) is 0.871. The monoisotopic (exact) mass is 241 g/mol. The second kappa shape index (κ2) is 5.37. The van der Waals surface area contributed by atoms with Gasteiger partial charge in [0.2, 0.25) is 0 Å². The van der Waals surface area contributed by atoms with Crippen LogP contribution in [-0.4, -0.2) is 17.5 Å². The van der Waals surface area contributed by atoms with Crippen molar-refractivity contribution >= 4 is 23.1 Å². The first-order chi connectivity index (χ1) is 7.25. The van der Waals surface area contributed by atoms with Crippen LogP contribution in [0.15, 0.2) is 6.07 Å². The zero-order chi connectivity index (χ0) is 10.7. The fourth-order valence-corrected chi connectivity index (χ4v) is 3.99. The fourth-order valence-electron chi connectivity index (χ4n) is 1.88. The summed E-state index contributed by atoms with van der Waals surface area (Å²) in [6, 6.07) is 3.08. The van der Waals surface area contributed by atoms with Crippen molar-refractivity contribution < 1.29 is 0 Å². The molecule has 3 heteroatoms. The maximum absolute atomic E-state index is 3.68. The fraction of sp³-hybridized carbons (Fsp3) is 0.667. The largest absolute Gasteiger partial charge is 0.309 e. The molecule has 15 heavy (non-hydrogen) atoms. The van der Waals surface area contributed by atoms with E-state index in [0.717, 1.165) is 12.6 Å². The Morgan fingerprint density at radius 3 is 2.67 bits per heavy atom. The molecule has 0 atom stereocenters. The number of rotatable bonds is 3. The van der Waals surface area contributed by atoms with Gasteiger partial charge >= 0.3 is 0 Å². The molecule has 0 bridgehead atoms. The molecule has 1 aromatic heterocycles. The van der Waals surface area contributed by atoms with Gasteiger partial charge in [-0.05, 0) is 49.8 Å². The van der Waals surface area contributed by atoms with Crippen LogP contribution in [0.5, 0.6) is 0 Å². The van der Waals surface area contributed by atoms with Gasteiger partial charge in [-0.2, -0.15) is 11.8 Å². The molecule has 0 aliphatic carbocycles. The van der Waals surface area contributed by atoms with Crippen LogP contribution in [0.2, 0.25) is 0 Å². The van der Waals surface area contributed by atoms with Crippen LogP contribution in [0.1, 0.15) is 28.2 Å². The maximum Gasteiger partial charge on any atom is 0.0302 e. The summed E-state index contributed by atoms with van der Waals surface area (Å²) in [6.45, 7) is 5.47. The van der Waals surface area contributed by atoms with Gasteiger partial charge in [0.1, 0.15) is 0 Å². The second-order valence-electron chi connectivity index (χ2n) is 4.22. The van der Waals surface area contributed by atoms with E-state index in [9.17, 15) is 0 Å². The van der Waals surface area contributed by atoms with Gasteiger partial charge in [-0.25, -0.2) is 0 Å². The first kappa shape index (κ1) is 11.5. The van der Waals surface area contributed by atoms with Crippen molar-refractivity contribution in [1.29, 1.82) is 0 Å². The van der Waals surface area contributed by atoms with Crippen molar-refractivity contribution in [3.63, 3.8) is 0 Å². The normalized spacial score (nSPS) is 18.3. The van der Waals surface area contributed by atoms with Crippen LogP contribution < -0.4 is 5.32 Å². The van der Waals surface area contributed by atoms with Gasteiger partial charge in [0.25, 0.3) is 0 Å². The predicted octanol–water partition coefficient (Wildman–Crippen LogP) is 3.35. The van der Waals surface area contributed by atoms with Crippen LogP contribution in [0.4, 0.5) is 0 Å². The van der Waals surface area contributed by atoms with Crippen molar-refractivity contribution in [1.82, 2.24) is 5.32 Å². The highest BCUT2D eigenvalue weighted by atomic mass is 32.2. The van der Waals surface area contributed by atoms with E-state index in [1.165, 1.54) is 39.7 Å². The number of nitrogens with one attached hydrogen (secondary N) is 1. The Balaban J connectivity index is 1.81.